The lowest BCUT2D eigenvalue weighted by atomic mass is 9.71. The highest BCUT2D eigenvalue weighted by Gasteiger charge is 2.43. The minimum Gasteiger partial charge on any atom is -0.497 e. The Morgan fingerprint density at radius 3 is 3.04 bits per heavy atom. The van der Waals surface area contributed by atoms with Crippen molar-refractivity contribution in [1.29, 1.82) is 0 Å². The van der Waals surface area contributed by atoms with E-state index in [4.69, 9.17) is 4.74 Å². The van der Waals surface area contributed by atoms with Gasteiger partial charge in [0.2, 0.25) is 5.91 Å². The van der Waals surface area contributed by atoms with Gasteiger partial charge >= 0.3 is 0 Å². The summed E-state index contributed by atoms with van der Waals surface area (Å²) in [5, 5.41) is 11.9. The van der Waals surface area contributed by atoms with Gasteiger partial charge in [-0.3, -0.25) is 4.79 Å². The van der Waals surface area contributed by atoms with Crippen molar-refractivity contribution in [2.75, 3.05) is 20.2 Å². The number of methoxy groups -OCH3 is 1. The van der Waals surface area contributed by atoms with Crippen LogP contribution in [0.25, 0.3) is 10.9 Å². The highest BCUT2D eigenvalue weighted by atomic mass is 16.5. The summed E-state index contributed by atoms with van der Waals surface area (Å²) in [6.07, 6.45) is 7.51. The van der Waals surface area contributed by atoms with Crippen LogP contribution >= 0.6 is 0 Å². The number of fused-ring (bicyclic) bond motifs is 2. The number of likely N-dealkylation sites (tertiary alicyclic amines) is 1. The SMILES string of the molecule is COc1ccc2c(ccn2CCC(=O)N2CC[C@]3(O)CCCC[C@@H]3C2)c1. The molecule has 1 aliphatic carbocycles. The van der Waals surface area contributed by atoms with Crippen LogP contribution in [0.1, 0.15) is 38.5 Å². The van der Waals surface area contributed by atoms with E-state index in [1.165, 1.54) is 6.42 Å². The molecule has 4 rings (SSSR count). The first kappa shape index (κ1) is 17.4. The van der Waals surface area contributed by atoms with Crippen LogP contribution in [0, 0.1) is 5.92 Å². The lowest BCUT2D eigenvalue weighted by Crippen LogP contribution is -2.54. The lowest BCUT2D eigenvalue weighted by molar-refractivity contribution is -0.143. The number of rotatable bonds is 4. The molecule has 0 radical (unpaired) electrons. The molecule has 2 aliphatic rings. The zero-order chi connectivity index (χ0) is 18.1. The molecule has 1 saturated heterocycles. The van der Waals surface area contributed by atoms with E-state index in [0.29, 0.717) is 19.5 Å². The topological polar surface area (TPSA) is 54.7 Å². The summed E-state index contributed by atoms with van der Waals surface area (Å²) in [6, 6.07) is 8.07. The number of carbonyl (C=O) groups excluding carboxylic acids is 1. The predicted octanol–water partition coefficient (Wildman–Crippen LogP) is 3.19. The Morgan fingerprint density at radius 1 is 1.31 bits per heavy atom. The summed E-state index contributed by atoms with van der Waals surface area (Å²) < 4.78 is 7.40. The van der Waals surface area contributed by atoms with E-state index < -0.39 is 5.60 Å². The van der Waals surface area contributed by atoms with Gasteiger partial charge in [0.05, 0.1) is 12.7 Å². The summed E-state index contributed by atoms with van der Waals surface area (Å²) in [5.41, 5.74) is 0.601. The van der Waals surface area contributed by atoms with E-state index in [2.05, 4.69) is 10.6 Å². The molecule has 140 valence electrons. The molecule has 1 amide bonds. The van der Waals surface area contributed by atoms with Gasteiger partial charge in [-0.1, -0.05) is 12.8 Å². The molecule has 2 heterocycles. The third-order valence-corrected chi connectivity index (χ3v) is 6.33. The third kappa shape index (κ3) is 3.20. The van der Waals surface area contributed by atoms with Crippen molar-refractivity contribution >= 4 is 16.8 Å². The maximum absolute atomic E-state index is 12.7. The molecule has 0 spiro atoms. The molecule has 2 fully saturated rings. The Labute approximate surface area is 154 Å². The quantitative estimate of drug-likeness (QED) is 0.915. The van der Waals surface area contributed by atoms with Gasteiger partial charge in [-0.05, 0) is 43.5 Å². The van der Waals surface area contributed by atoms with Crippen molar-refractivity contribution in [1.82, 2.24) is 9.47 Å². The summed E-state index contributed by atoms with van der Waals surface area (Å²) >= 11 is 0. The predicted molar refractivity (Wildman–Crippen MR) is 101 cm³/mol. The summed E-state index contributed by atoms with van der Waals surface area (Å²) in [4.78, 5) is 14.7. The molecule has 5 nitrogen and oxygen atoms in total. The molecule has 2 atom stereocenters. The number of nitrogens with zero attached hydrogens (tertiary/aromatic N) is 2. The Balaban J connectivity index is 1.38. The monoisotopic (exact) mass is 356 g/mol. The van der Waals surface area contributed by atoms with Crippen molar-refractivity contribution < 1.29 is 14.6 Å². The first-order valence-corrected chi connectivity index (χ1v) is 9.72. The Bertz CT molecular complexity index is 800. The standard InChI is InChI=1S/C21H28N2O3/c1-26-18-5-6-19-16(14-18)7-11-22(19)12-8-20(24)23-13-10-21(25)9-3-2-4-17(21)15-23/h5-7,11,14,17,25H,2-4,8-10,12-13,15H2,1H3/t17-,21-/m1/s1. The molecule has 26 heavy (non-hydrogen) atoms. The van der Waals surface area contributed by atoms with Crippen LogP contribution in [0.3, 0.4) is 0 Å². The maximum Gasteiger partial charge on any atom is 0.224 e. The summed E-state index contributed by atoms with van der Waals surface area (Å²) in [5.74, 6) is 1.31. The number of aromatic nitrogens is 1. The van der Waals surface area contributed by atoms with Gasteiger partial charge in [0, 0.05) is 49.1 Å². The average molecular weight is 356 g/mol. The fourth-order valence-corrected chi connectivity index (χ4v) is 4.67. The van der Waals surface area contributed by atoms with Crippen LogP contribution in [0.5, 0.6) is 5.75 Å². The fraction of sp³-hybridized carbons (Fsp3) is 0.571. The van der Waals surface area contributed by atoms with E-state index in [1.807, 2.05) is 29.3 Å². The second-order valence-electron chi connectivity index (χ2n) is 7.82. The highest BCUT2D eigenvalue weighted by molar-refractivity contribution is 5.82. The molecular formula is C21H28N2O3. The Kier molecular flexibility index (Phi) is 4.65. The summed E-state index contributed by atoms with van der Waals surface area (Å²) in [6.45, 7) is 2.09. The second kappa shape index (κ2) is 6.95. The number of piperidine rings is 1. The molecule has 1 N–H and O–H groups in total. The van der Waals surface area contributed by atoms with E-state index in [1.54, 1.807) is 7.11 Å². The zero-order valence-electron chi connectivity index (χ0n) is 15.5. The molecule has 0 unspecified atom stereocenters. The molecule has 1 aromatic carbocycles. The minimum atomic E-state index is -0.523. The zero-order valence-corrected chi connectivity index (χ0v) is 15.5. The van der Waals surface area contributed by atoms with Crippen LogP contribution in [0.4, 0.5) is 0 Å². The van der Waals surface area contributed by atoms with Gasteiger partial charge in [0.15, 0.2) is 0 Å². The van der Waals surface area contributed by atoms with E-state index in [-0.39, 0.29) is 11.8 Å². The van der Waals surface area contributed by atoms with Crippen molar-refractivity contribution in [3.63, 3.8) is 0 Å². The van der Waals surface area contributed by atoms with Crippen molar-refractivity contribution in [2.45, 2.75) is 50.7 Å². The first-order chi connectivity index (χ1) is 12.6. The highest BCUT2D eigenvalue weighted by Crippen LogP contribution is 2.39. The molecule has 5 heteroatoms. The van der Waals surface area contributed by atoms with E-state index >= 15 is 0 Å². The van der Waals surface area contributed by atoms with E-state index in [9.17, 15) is 9.90 Å². The number of hydrogen-bond donors (Lipinski definition) is 1. The van der Waals surface area contributed by atoms with Crippen LogP contribution in [0.2, 0.25) is 0 Å². The smallest absolute Gasteiger partial charge is 0.224 e. The van der Waals surface area contributed by atoms with Gasteiger partial charge in [0.25, 0.3) is 0 Å². The van der Waals surface area contributed by atoms with Crippen LogP contribution in [-0.2, 0) is 11.3 Å². The van der Waals surface area contributed by atoms with Crippen LogP contribution in [0.15, 0.2) is 30.5 Å². The maximum atomic E-state index is 12.7. The van der Waals surface area contributed by atoms with Crippen molar-refractivity contribution in [2.24, 2.45) is 5.92 Å². The molecule has 1 saturated carbocycles. The lowest BCUT2D eigenvalue weighted by Gasteiger charge is -2.47. The van der Waals surface area contributed by atoms with Gasteiger partial charge in [-0.2, -0.15) is 0 Å². The third-order valence-electron chi connectivity index (χ3n) is 6.33. The minimum absolute atomic E-state index is 0.202. The van der Waals surface area contributed by atoms with Crippen molar-refractivity contribution in [3.8, 4) is 5.75 Å². The number of hydrogen-bond acceptors (Lipinski definition) is 3. The number of aryl methyl sites for hydroxylation is 1. The van der Waals surface area contributed by atoms with Gasteiger partial charge in [-0.25, -0.2) is 0 Å². The molecule has 1 aromatic heterocycles. The summed E-state index contributed by atoms with van der Waals surface area (Å²) in [7, 11) is 1.67. The molecule has 2 aromatic rings. The normalized spacial score (nSPS) is 25.9. The number of aliphatic hydroxyl groups is 1. The van der Waals surface area contributed by atoms with Gasteiger partial charge < -0.3 is 19.3 Å². The Hall–Kier alpha value is -2.01. The molecular weight excluding hydrogens is 328 g/mol. The number of benzene rings is 1. The first-order valence-electron chi connectivity index (χ1n) is 9.72. The molecule has 0 bridgehead atoms. The Morgan fingerprint density at radius 2 is 2.19 bits per heavy atom. The fourth-order valence-electron chi connectivity index (χ4n) is 4.67. The van der Waals surface area contributed by atoms with Crippen LogP contribution in [-0.4, -0.2) is 46.3 Å². The van der Waals surface area contributed by atoms with E-state index in [0.717, 1.165) is 48.9 Å². The van der Waals surface area contributed by atoms with Crippen LogP contribution < -0.4 is 4.74 Å². The number of ether oxygens (including phenoxy) is 1. The number of amides is 1. The molecule has 1 aliphatic heterocycles. The van der Waals surface area contributed by atoms with Crippen molar-refractivity contribution in [3.05, 3.63) is 30.5 Å². The average Bonchev–Trinajstić information content (AvgIpc) is 3.07. The van der Waals surface area contributed by atoms with Gasteiger partial charge in [0.1, 0.15) is 5.75 Å². The second-order valence-corrected chi connectivity index (χ2v) is 7.82. The van der Waals surface area contributed by atoms with Gasteiger partial charge in [-0.15, -0.1) is 0 Å². The number of carbonyl (C=O) groups is 1. The largest absolute Gasteiger partial charge is 0.497 e.